The van der Waals surface area contributed by atoms with Crippen LogP contribution in [0.5, 0.6) is 5.75 Å². The number of ether oxygens (including phenoxy) is 1. The summed E-state index contributed by atoms with van der Waals surface area (Å²) < 4.78 is 57.7. The highest BCUT2D eigenvalue weighted by atomic mass is 19.4. The summed E-state index contributed by atoms with van der Waals surface area (Å²) in [6, 6.07) is 7.13. The van der Waals surface area contributed by atoms with Crippen molar-refractivity contribution in [2.75, 3.05) is 12.3 Å². The van der Waals surface area contributed by atoms with Crippen LogP contribution < -0.4 is 16.0 Å². The van der Waals surface area contributed by atoms with E-state index in [1.807, 2.05) is 0 Å². The summed E-state index contributed by atoms with van der Waals surface area (Å²) in [5.41, 5.74) is 6.48. The fourth-order valence-electron chi connectivity index (χ4n) is 3.77. The molecule has 0 unspecified atom stereocenters. The Balaban J connectivity index is 1.90. The van der Waals surface area contributed by atoms with Crippen LogP contribution >= 0.6 is 0 Å². The Morgan fingerprint density at radius 2 is 1.91 bits per heavy atom. The molecule has 5 aromatic rings. The van der Waals surface area contributed by atoms with Gasteiger partial charge in [-0.25, -0.2) is 4.39 Å². The van der Waals surface area contributed by atoms with E-state index in [4.69, 9.17) is 10.5 Å². The van der Waals surface area contributed by atoms with Gasteiger partial charge in [0, 0.05) is 27.9 Å². The van der Waals surface area contributed by atoms with Crippen molar-refractivity contribution in [3.63, 3.8) is 0 Å². The Hall–Kier alpha value is -4.15. The van der Waals surface area contributed by atoms with Gasteiger partial charge in [-0.2, -0.15) is 18.3 Å². The summed E-state index contributed by atoms with van der Waals surface area (Å²) in [4.78, 5) is 19.5. The number of nitrogens with zero attached hydrogens (tertiary/aromatic N) is 2. The summed E-state index contributed by atoms with van der Waals surface area (Å²) in [6.07, 6.45) is -1.79. The minimum atomic E-state index is -4.57. The molecule has 0 aliphatic rings. The number of halogens is 4. The van der Waals surface area contributed by atoms with Crippen LogP contribution in [0.2, 0.25) is 0 Å². The third-order valence-electron chi connectivity index (χ3n) is 5.10. The molecule has 162 valence electrons. The minimum Gasteiger partial charge on any atom is -0.482 e. The van der Waals surface area contributed by atoms with Crippen molar-refractivity contribution < 1.29 is 22.3 Å². The first-order valence-corrected chi connectivity index (χ1v) is 9.29. The van der Waals surface area contributed by atoms with Crippen molar-refractivity contribution in [3.05, 3.63) is 58.9 Å². The lowest BCUT2D eigenvalue weighted by atomic mass is 9.95. The first-order chi connectivity index (χ1) is 15.2. The van der Waals surface area contributed by atoms with Crippen molar-refractivity contribution in [2.24, 2.45) is 0 Å². The third-order valence-corrected chi connectivity index (χ3v) is 5.10. The first-order valence-electron chi connectivity index (χ1n) is 9.29. The van der Waals surface area contributed by atoms with E-state index in [2.05, 4.69) is 20.2 Å². The number of fused-ring (bicyclic) bond motifs is 4. The van der Waals surface area contributed by atoms with Crippen molar-refractivity contribution >= 4 is 38.4 Å². The summed E-state index contributed by atoms with van der Waals surface area (Å²) >= 11 is 0. The van der Waals surface area contributed by atoms with Crippen LogP contribution in [0.15, 0.2) is 47.5 Å². The molecule has 0 atom stereocenters. The van der Waals surface area contributed by atoms with E-state index in [0.717, 1.165) is 0 Å². The Morgan fingerprint density at radius 1 is 1.09 bits per heavy atom. The lowest BCUT2D eigenvalue weighted by Gasteiger charge is -2.16. The van der Waals surface area contributed by atoms with Crippen molar-refractivity contribution in [1.82, 2.24) is 20.2 Å². The number of nitrogen functional groups attached to an aromatic ring is 1. The topological polar surface area (TPSA) is 110 Å². The summed E-state index contributed by atoms with van der Waals surface area (Å²) in [6.45, 7) is -1.53. The van der Waals surface area contributed by atoms with Crippen molar-refractivity contribution in [3.8, 4) is 16.9 Å². The van der Waals surface area contributed by atoms with E-state index >= 15 is 0 Å². The van der Waals surface area contributed by atoms with Crippen LogP contribution in [0.1, 0.15) is 0 Å². The number of rotatable bonds is 3. The molecule has 32 heavy (non-hydrogen) atoms. The molecule has 3 aromatic heterocycles. The maximum absolute atomic E-state index is 14.2. The highest BCUT2D eigenvalue weighted by Crippen LogP contribution is 2.40. The van der Waals surface area contributed by atoms with Crippen LogP contribution in [0, 0.1) is 5.82 Å². The fourth-order valence-corrected chi connectivity index (χ4v) is 3.77. The average Bonchev–Trinajstić information content (AvgIpc) is 3.25. The van der Waals surface area contributed by atoms with Crippen LogP contribution in [0.3, 0.4) is 0 Å². The van der Waals surface area contributed by atoms with Gasteiger partial charge < -0.3 is 15.5 Å². The molecule has 0 spiro atoms. The van der Waals surface area contributed by atoms with Crippen LogP contribution in [0.4, 0.5) is 23.2 Å². The van der Waals surface area contributed by atoms with Gasteiger partial charge in [0.15, 0.2) is 6.61 Å². The van der Waals surface area contributed by atoms with Gasteiger partial charge in [0.1, 0.15) is 28.3 Å². The molecule has 7 nitrogen and oxygen atoms in total. The van der Waals surface area contributed by atoms with Gasteiger partial charge >= 0.3 is 6.18 Å². The molecule has 0 radical (unpaired) electrons. The van der Waals surface area contributed by atoms with Gasteiger partial charge in [0.25, 0.3) is 5.56 Å². The number of hydrogen-bond acceptors (Lipinski definition) is 5. The SMILES string of the molecule is Nc1c(-c2ccc(F)c3[nH]ncc23)c2cc(OCC(F)(F)F)c3ncccc3c2[nH]c1=O. The van der Waals surface area contributed by atoms with E-state index < -0.39 is 24.2 Å². The summed E-state index contributed by atoms with van der Waals surface area (Å²) in [5.74, 6) is -0.693. The largest absolute Gasteiger partial charge is 0.482 e. The molecule has 5 rings (SSSR count). The predicted molar refractivity (Wildman–Crippen MR) is 111 cm³/mol. The Bertz CT molecular complexity index is 1570. The number of anilines is 1. The Kier molecular flexibility index (Phi) is 4.29. The maximum atomic E-state index is 14.2. The van der Waals surface area contributed by atoms with E-state index in [1.54, 1.807) is 12.1 Å². The Morgan fingerprint density at radius 3 is 2.69 bits per heavy atom. The quantitative estimate of drug-likeness (QED) is 0.285. The predicted octanol–water partition coefficient (Wildman–Crippen LogP) is 4.28. The van der Waals surface area contributed by atoms with Gasteiger partial charge in [0.05, 0.1) is 11.7 Å². The molecular weight excluding hydrogens is 430 g/mol. The van der Waals surface area contributed by atoms with E-state index in [9.17, 15) is 22.4 Å². The van der Waals surface area contributed by atoms with Crippen molar-refractivity contribution in [1.29, 1.82) is 0 Å². The maximum Gasteiger partial charge on any atom is 0.422 e. The number of aromatic amines is 2. The van der Waals surface area contributed by atoms with E-state index in [1.165, 1.54) is 30.6 Å². The molecule has 4 N–H and O–H groups in total. The number of benzene rings is 2. The number of nitrogens with two attached hydrogens (primary N) is 1. The molecule has 0 saturated heterocycles. The zero-order chi connectivity index (χ0) is 22.6. The highest BCUT2D eigenvalue weighted by Gasteiger charge is 2.29. The lowest BCUT2D eigenvalue weighted by molar-refractivity contribution is -0.153. The van der Waals surface area contributed by atoms with Gasteiger partial charge in [-0.3, -0.25) is 14.9 Å². The molecule has 2 aromatic carbocycles. The average molecular weight is 443 g/mol. The van der Waals surface area contributed by atoms with Gasteiger partial charge in [-0.05, 0) is 29.8 Å². The normalized spacial score (nSPS) is 12.1. The van der Waals surface area contributed by atoms with Crippen molar-refractivity contribution in [2.45, 2.75) is 6.18 Å². The number of aromatic nitrogens is 4. The smallest absolute Gasteiger partial charge is 0.422 e. The molecule has 0 amide bonds. The molecule has 0 bridgehead atoms. The second kappa shape index (κ2) is 6.94. The second-order valence-electron chi connectivity index (χ2n) is 7.10. The lowest BCUT2D eigenvalue weighted by Crippen LogP contribution is -2.19. The number of nitrogens with one attached hydrogen (secondary N) is 2. The monoisotopic (exact) mass is 443 g/mol. The first kappa shape index (κ1) is 19.8. The zero-order valence-electron chi connectivity index (χ0n) is 16.0. The third kappa shape index (κ3) is 3.09. The zero-order valence-corrected chi connectivity index (χ0v) is 16.0. The van der Waals surface area contributed by atoms with E-state index in [0.29, 0.717) is 27.2 Å². The molecule has 3 heterocycles. The molecule has 0 saturated carbocycles. The summed E-state index contributed by atoms with van der Waals surface area (Å²) in [7, 11) is 0. The van der Waals surface area contributed by atoms with Crippen LogP contribution in [-0.4, -0.2) is 32.9 Å². The second-order valence-corrected chi connectivity index (χ2v) is 7.10. The van der Waals surface area contributed by atoms with Crippen LogP contribution in [-0.2, 0) is 0 Å². The minimum absolute atomic E-state index is 0.103. The number of alkyl halides is 3. The standard InChI is InChI=1S/C21H13F4N5O2/c22-13-4-3-9(12-7-28-30-18(12)13)15-11-6-14(32-8-21(23,24)25)19-10(2-1-5-27-19)17(11)29-20(31)16(15)26/h1-7H,8,26H2,(H,28,30)(H,29,31). The molecule has 0 fully saturated rings. The molecule has 11 heteroatoms. The van der Waals surface area contributed by atoms with E-state index in [-0.39, 0.29) is 28.0 Å². The Labute approximate surface area is 175 Å². The van der Waals surface area contributed by atoms with Gasteiger partial charge in [-0.15, -0.1) is 0 Å². The van der Waals surface area contributed by atoms with Crippen LogP contribution in [0.25, 0.3) is 43.8 Å². The summed E-state index contributed by atoms with van der Waals surface area (Å²) in [5, 5.41) is 7.43. The number of H-pyrrole nitrogens is 2. The van der Waals surface area contributed by atoms with Gasteiger partial charge in [-0.1, -0.05) is 6.07 Å². The highest BCUT2D eigenvalue weighted by molar-refractivity contribution is 6.15. The number of hydrogen-bond donors (Lipinski definition) is 3. The fraction of sp³-hybridized carbons (Fsp3) is 0.0952. The molecular formula is C21H13F4N5O2. The molecule has 0 aliphatic carbocycles. The number of pyridine rings is 2. The van der Waals surface area contributed by atoms with Gasteiger partial charge in [0.2, 0.25) is 0 Å². The molecule has 0 aliphatic heterocycles.